The number of hydrogen-bond donors (Lipinski definition) is 1. The maximum Gasteiger partial charge on any atom is 0.0568 e. The van der Waals surface area contributed by atoms with Gasteiger partial charge in [-0.3, -0.25) is 0 Å². The zero-order chi connectivity index (χ0) is 17.0. The summed E-state index contributed by atoms with van der Waals surface area (Å²) in [7, 11) is 0. The number of fused-ring (bicyclic) bond motifs is 5. The van der Waals surface area contributed by atoms with Gasteiger partial charge in [-0.2, -0.15) is 0 Å². The zero-order valence-corrected chi connectivity index (χ0v) is 15.1. The van der Waals surface area contributed by atoms with Crippen molar-refractivity contribution in [3.63, 3.8) is 0 Å². The summed E-state index contributed by atoms with van der Waals surface area (Å²) < 4.78 is 0. The van der Waals surface area contributed by atoms with Crippen LogP contribution < -0.4 is 5.32 Å². The first-order chi connectivity index (χ1) is 12.2. The fourth-order valence-corrected chi connectivity index (χ4v) is 4.93. The average molecular weight is 366 g/mol. The number of benzene rings is 3. The van der Waals surface area contributed by atoms with Crippen molar-refractivity contribution in [3.05, 3.63) is 87.9 Å². The van der Waals surface area contributed by atoms with Crippen molar-refractivity contribution < 1.29 is 0 Å². The molecule has 25 heavy (non-hydrogen) atoms. The normalized spacial score (nSPS) is 24.0. The molecule has 0 aromatic heterocycles. The van der Waals surface area contributed by atoms with Crippen LogP contribution in [0.15, 0.2) is 66.7 Å². The standard InChI is InChI=1S/C22H17Cl2N/c23-14-9-11-19(20(24)12-14)22-17-7-3-6-16(17)18-10-8-13-4-1-2-5-15(13)21(18)25-22/h1-6,8-12,16-17,22,25H,7H2. The van der Waals surface area contributed by atoms with E-state index in [1.54, 1.807) is 0 Å². The van der Waals surface area contributed by atoms with E-state index in [0.717, 1.165) is 17.0 Å². The molecule has 3 atom stereocenters. The average Bonchev–Trinajstić information content (AvgIpc) is 3.11. The van der Waals surface area contributed by atoms with E-state index in [1.165, 1.54) is 22.0 Å². The van der Waals surface area contributed by atoms with Crippen LogP contribution in [-0.4, -0.2) is 0 Å². The van der Waals surface area contributed by atoms with Crippen molar-refractivity contribution in [3.8, 4) is 0 Å². The maximum atomic E-state index is 6.55. The Morgan fingerprint density at radius 2 is 1.76 bits per heavy atom. The smallest absolute Gasteiger partial charge is 0.0568 e. The fourth-order valence-electron chi connectivity index (χ4n) is 4.40. The summed E-state index contributed by atoms with van der Waals surface area (Å²) in [5.41, 5.74) is 3.75. The highest BCUT2D eigenvalue weighted by molar-refractivity contribution is 6.35. The first-order valence-electron chi connectivity index (χ1n) is 8.62. The van der Waals surface area contributed by atoms with Gasteiger partial charge in [0.15, 0.2) is 0 Å². The van der Waals surface area contributed by atoms with Crippen molar-refractivity contribution in [2.75, 3.05) is 5.32 Å². The second-order valence-electron chi connectivity index (χ2n) is 6.89. The van der Waals surface area contributed by atoms with Crippen LogP contribution in [0.3, 0.4) is 0 Å². The number of hydrogen-bond acceptors (Lipinski definition) is 1. The number of allylic oxidation sites excluding steroid dienone is 2. The third-order valence-electron chi connectivity index (χ3n) is 5.56. The van der Waals surface area contributed by atoms with E-state index in [0.29, 0.717) is 16.9 Å². The van der Waals surface area contributed by atoms with Crippen molar-refractivity contribution in [2.45, 2.75) is 18.4 Å². The van der Waals surface area contributed by atoms with Crippen molar-refractivity contribution in [2.24, 2.45) is 5.92 Å². The van der Waals surface area contributed by atoms with Gasteiger partial charge in [-0.1, -0.05) is 77.8 Å². The minimum atomic E-state index is 0.183. The predicted molar refractivity (Wildman–Crippen MR) is 107 cm³/mol. The number of halogens is 2. The molecule has 0 radical (unpaired) electrons. The van der Waals surface area contributed by atoms with Gasteiger partial charge in [-0.15, -0.1) is 0 Å². The molecule has 3 aromatic carbocycles. The van der Waals surface area contributed by atoms with E-state index < -0.39 is 0 Å². The summed E-state index contributed by atoms with van der Waals surface area (Å²) >= 11 is 12.7. The van der Waals surface area contributed by atoms with Gasteiger partial charge in [-0.05, 0) is 41.0 Å². The monoisotopic (exact) mass is 365 g/mol. The second kappa shape index (κ2) is 5.79. The second-order valence-corrected chi connectivity index (χ2v) is 7.74. The topological polar surface area (TPSA) is 12.0 Å². The summed E-state index contributed by atoms with van der Waals surface area (Å²) in [6, 6.07) is 19.1. The molecule has 1 nitrogen and oxygen atoms in total. The molecule has 0 fully saturated rings. The molecule has 1 N–H and O–H groups in total. The minimum absolute atomic E-state index is 0.183. The van der Waals surface area contributed by atoms with E-state index in [9.17, 15) is 0 Å². The Hall–Kier alpha value is -1.96. The van der Waals surface area contributed by atoms with E-state index in [-0.39, 0.29) is 6.04 Å². The van der Waals surface area contributed by atoms with E-state index in [4.69, 9.17) is 23.2 Å². The van der Waals surface area contributed by atoms with E-state index in [2.05, 4.69) is 59.9 Å². The Morgan fingerprint density at radius 3 is 2.64 bits per heavy atom. The van der Waals surface area contributed by atoms with Gasteiger partial charge in [0, 0.05) is 27.0 Å². The molecule has 0 saturated carbocycles. The highest BCUT2D eigenvalue weighted by Gasteiger charge is 2.39. The van der Waals surface area contributed by atoms with Crippen LogP contribution in [0.25, 0.3) is 10.8 Å². The molecule has 1 aliphatic carbocycles. The molecule has 3 aromatic rings. The van der Waals surface area contributed by atoms with Crippen molar-refractivity contribution in [1.29, 1.82) is 0 Å². The van der Waals surface area contributed by atoms with Crippen LogP contribution in [0.4, 0.5) is 5.69 Å². The molecule has 0 saturated heterocycles. The lowest BCUT2D eigenvalue weighted by atomic mass is 9.76. The first-order valence-corrected chi connectivity index (χ1v) is 9.38. The van der Waals surface area contributed by atoms with Crippen LogP contribution in [0, 0.1) is 5.92 Å². The molecule has 2 aliphatic rings. The summed E-state index contributed by atoms with van der Waals surface area (Å²) in [6.45, 7) is 0. The summed E-state index contributed by atoms with van der Waals surface area (Å²) in [6.07, 6.45) is 5.72. The van der Waals surface area contributed by atoms with Crippen LogP contribution in [0.2, 0.25) is 10.0 Å². The highest BCUT2D eigenvalue weighted by Crippen LogP contribution is 2.52. The zero-order valence-electron chi connectivity index (χ0n) is 13.5. The molecule has 3 heteroatoms. The molecule has 0 spiro atoms. The lowest BCUT2D eigenvalue weighted by molar-refractivity contribution is 0.426. The maximum absolute atomic E-state index is 6.55. The lowest BCUT2D eigenvalue weighted by Gasteiger charge is -2.38. The van der Waals surface area contributed by atoms with Gasteiger partial charge in [0.1, 0.15) is 0 Å². The van der Waals surface area contributed by atoms with Crippen LogP contribution >= 0.6 is 23.2 Å². The van der Waals surface area contributed by atoms with Gasteiger partial charge < -0.3 is 5.32 Å². The third kappa shape index (κ3) is 2.38. The third-order valence-corrected chi connectivity index (χ3v) is 6.12. The first kappa shape index (κ1) is 15.3. The summed E-state index contributed by atoms with van der Waals surface area (Å²) in [5.74, 6) is 0.907. The Morgan fingerprint density at radius 1 is 0.920 bits per heavy atom. The molecule has 0 amide bonds. The quantitative estimate of drug-likeness (QED) is 0.459. The Bertz CT molecular complexity index is 1010. The minimum Gasteiger partial charge on any atom is -0.377 e. The molecular formula is C22H17Cl2N. The molecule has 3 unspecified atom stereocenters. The summed E-state index contributed by atoms with van der Waals surface area (Å²) in [5, 5.41) is 7.76. The fraction of sp³-hybridized carbons (Fsp3) is 0.182. The van der Waals surface area contributed by atoms with Crippen LogP contribution in [0.5, 0.6) is 0 Å². The predicted octanol–water partition coefficient (Wildman–Crippen LogP) is 6.97. The molecule has 1 heterocycles. The largest absolute Gasteiger partial charge is 0.377 e. The highest BCUT2D eigenvalue weighted by atomic mass is 35.5. The van der Waals surface area contributed by atoms with Gasteiger partial charge in [0.2, 0.25) is 0 Å². The summed E-state index contributed by atoms with van der Waals surface area (Å²) in [4.78, 5) is 0. The Labute approximate surface area is 157 Å². The molecule has 5 rings (SSSR count). The lowest BCUT2D eigenvalue weighted by Crippen LogP contribution is -2.29. The van der Waals surface area contributed by atoms with E-state index in [1.807, 2.05) is 12.1 Å². The van der Waals surface area contributed by atoms with Gasteiger partial charge in [-0.25, -0.2) is 0 Å². The number of rotatable bonds is 1. The van der Waals surface area contributed by atoms with E-state index >= 15 is 0 Å². The van der Waals surface area contributed by atoms with Gasteiger partial charge in [0.05, 0.1) is 6.04 Å². The molecule has 0 bridgehead atoms. The van der Waals surface area contributed by atoms with Crippen molar-refractivity contribution >= 4 is 39.7 Å². The molecule has 1 aliphatic heterocycles. The van der Waals surface area contributed by atoms with Crippen LogP contribution in [-0.2, 0) is 0 Å². The van der Waals surface area contributed by atoms with Crippen molar-refractivity contribution in [1.82, 2.24) is 0 Å². The SMILES string of the molecule is Clc1ccc(C2Nc3c(ccc4ccccc34)C3C=CCC32)c(Cl)c1. The number of anilines is 1. The van der Waals surface area contributed by atoms with Gasteiger partial charge in [0.25, 0.3) is 0 Å². The van der Waals surface area contributed by atoms with Gasteiger partial charge >= 0.3 is 0 Å². The van der Waals surface area contributed by atoms with Crippen LogP contribution in [0.1, 0.15) is 29.5 Å². The molecule has 124 valence electrons. The Kier molecular flexibility index (Phi) is 3.55. The Balaban J connectivity index is 1.70. The number of nitrogens with one attached hydrogen (secondary N) is 1. The molecular weight excluding hydrogens is 349 g/mol.